The molecule has 5 heteroatoms. The van der Waals surface area contributed by atoms with Crippen molar-refractivity contribution in [2.24, 2.45) is 4.99 Å². The molecule has 0 atom stereocenters. The van der Waals surface area contributed by atoms with Crippen molar-refractivity contribution >= 4 is 28.3 Å². The number of hydrazine groups is 1. The standard InChI is InChI=1S/C17H14N4O/c1-2-7-14(8-3-1)19-17-20-21(12-22-17)16-15-9-5-4-6-13(15)10-11-18-16/h1-11H,12H2,(H,19,20). The van der Waals surface area contributed by atoms with Crippen LogP contribution in [0.3, 0.4) is 0 Å². The molecule has 1 aliphatic rings. The second-order valence-corrected chi connectivity index (χ2v) is 4.92. The van der Waals surface area contributed by atoms with E-state index in [2.05, 4.69) is 21.5 Å². The van der Waals surface area contributed by atoms with Gasteiger partial charge in [-0.3, -0.25) is 0 Å². The lowest BCUT2D eigenvalue weighted by Gasteiger charge is -2.15. The number of pyridine rings is 1. The Morgan fingerprint density at radius 2 is 1.82 bits per heavy atom. The van der Waals surface area contributed by atoms with Gasteiger partial charge in [-0.2, -0.15) is 4.99 Å². The molecule has 0 aliphatic carbocycles. The summed E-state index contributed by atoms with van der Waals surface area (Å²) in [6.45, 7) is 0.368. The maximum absolute atomic E-state index is 5.60. The van der Waals surface area contributed by atoms with Crippen molar-refractivity contribution in [3.8, 4) is 0 Å². The number of rotatable bonds is 2. The Kier molecular flexibility index (Phi) is 3.08. The summed E-state index contributed by atoms with van der Waals surface area (Å²) in [5.74, 6) is 0.830. The minimum atomic E-state index is 0.368. The van der Waals surface area contributed by atoms with Gasteiger partial charge in [0.15, 0.2) is 12.5 Å². The zero-order chi connectivity index (χ0) is 14.8. The molecule has 0 spiro atoms. The van der Waals surface area contributed by atoms with Crippen LogP contribution in [0, 0.1) is 0 Å². The van der Waals surface area contributed by atoms with Gasteiger partial charge in [0, 0.05) is 11.6 Å². The highest BCUT2D eigenvalue weighted by Gasteiger charge is 2.21. The number of hydrogen-bond acceptors (Lipinski definition) is 4. The van der Waals surface area contributed by atoms with Crippen molar-refractivity contribution in [2.45, 2.75) is 0 Å². The van der Waals surface area contributed by atoms with E-state index in [1.807, 2.05) is 59.6 Å². The molecule has 108 valence electrons. The molecule has 1 aliphatic heterocycles. The van der Waals surface area contributed by atoms with Crippen molar-refractivity contribution < 1.29 is 4.74 Å². The van der Waals surface area contributed by atoms with Crippen LogP contribution in [0.5, 0.6) is 0 Å². The molecule has 0 saturated carbocycles. The first-order valence-electron chi connectivity index (χ1n) is 7.05. The van der Waals surface area contributed by atoms with Crippen molar-refractivity contribution in [3.63, 3.8) is 0 Å². The van der Waals surface area contributed by atoms with E-state index in [-0.39, 0.29) is 0 Å². The first-order chi connectivity index (χ1) is 10.9. The molecule has 1 N–H and O–H groups in total. The predicted molar refractivity (Wildman–Crippen MR) is 86.8 cm³/mol. The molecule has 2 aromatic carbocycles. The number of hydrogen-bond donors (Lipinski definition) is 1. The van der Waals surface area contributed by atoms with Gasteiger partial charge in [0.2, 0.25) is 0 Å². The second kappa shape index (κ2) is 5.37. The number of para-hydroxylation sites is 1. The van der Waals surface area contributed by atoms with Crippen LogP contribution in [0.4, 0.5) is 11.5 Å². The average Bonchev–Trinajstić information content (AvgIpc) is 3.03. The van der Waals surface area contributed by atoms with Gasteiger partial charge in [-0.05, 0) is 23.6 Å². The quantitative estimate of drug-likeness (QED) is 0.787. The zero-order valence-electron chi connectivity index (χ0n) is 11.8. The van der Waals surface area contributed by atoms with Crippen molar-refractivity contribution in [2.75, 3.05) is 11.7 Å². The van der Waals surface area contributed by atoms with Crippen LogP contribution in [-0.4, -0.2) is 17.7 Å². The summed E-state index contributed by atoms with van der Waals surface area (Å²) in [7, 11) is 0. The van der Waals surface area contributed by atoms with Gasteiger partial charge >= 0.3 is 6.02 Å². The fraction of sp³-hybridized carbons (Fsp3) is 0.0588. The number of benzene rings is 2. The maximum Gasteiger partial charge on any atom is 0.311 e. The molecule has 3 aromatic rings. The van der Waals surface area contributed by atoms with Crippen LogP contribution in [0.15, 0.2) is 71.9 Å². The van der Waals surface area contributed by atoms with Gasteiger partial charge < -0.3 is 4.74 Å². The summed E-state index contributed by atoms with van der Waals surface area (Å²) in [6, 6.07) is 20.3. The smallest absolute Gasteiger partial charge is 0.311 e. The Bertz CT molecular complexity index is 827. The predicted octanol–water partition coefficient (Wildman–Crippen LogP) is 3.22. The summed E-state index contributed by atoms with van der Waals surface area (Å²) in [5, 5.41) is 4.06. The third-order valence-corrected chi connectivity index (χ3v) is 3.46. The van der Waals surface area contributed by atoms with Crippen LogP contribution in [0.25, 0.3) is 10.8 Å². The van der Waals surface area contributed by atoms with Gasteiger partial charge in [-0.1, -0.05) is 42.5 Å². The van der Waals surface area contributed by atoms with Gasteiger partial charge in [-0.15, -0.1) is 0 Å². The molecule has 1 fully saturated rings. The van der Waals surface area contributed by atoms with E-state index in [0.717, 1.165) is 22.3 Å². The van der Waals surface area contributed by atoms with E-state index >= 15 is 0 Å². The highest BCUT2D eigenvalue weighted by Crippen LogP contribution is 2.24. The number of nitrogens with one attached hydrogen (secondary N) is 1. The molecular weight excluding hydrogens is 276 g/mol. The lowest BCUT2D eigenvalue weighted by Crippen LogP contribution is -2.33. The third-order valence-electron chi connectivity index (χ3n) is 3.46. The van der Waals surface area contributed by atoms with E-state index < -0.39 is 0 Å². The molecule has 0 amide bonds. The van der Waals surface area contributed by atoms with E-state index in [1.54, 1.807) is 6.20 Å². The number of amidine groups is 1. The molecule has 0 unspecified atom stereocenters. The Morgan fingerprint density at radius 1 is 1.00 bits per heavy atom. The number of anilines is 1. The van der Waals surface area contributed by atoms with Crippen LogP contribution >= 0.6 is 0 Å². The molecule has 1 aromatic heterocycles. The molecule has 2 heterocycles. The largest absolute Gasteiger partial charge is 0.441 e. The second-order valence-electron chi connectivity index (χ2n) is 4.92. The number of ether oxygens (including phenoxy) is 1. The molecule has 4 rings (SSSR count). The lowest BCUT2D eigenvalue weighted by atomic mass is 10.1. The highest BCUT2D eigenvalue weighted by atomic mass is 16.5. The van der Waals surface area contributed by atoms with E-state index in [1.165, 1.54) is 0 Å². The SMILES string of the molecule is c1ccc(N=C2NN(c3nccc4ccccc34)CO2)cc1. The molecule has 0 bridgehead atoms. The molecular formula is C17H14N4O. The fourth-order valence-corrected chi connectivity index (χ4v) is 2.42. The Hall–Kier alpha value is -3.08. The van der Waals surface area contributed by atoms with E-state index in [0.29, 0.717) is 12.8 Å². The topological polar surface area (TPSA) is 49.8 Å². The van der Waals surface area contributed by atoms with Crippen molar-refractivity contribution in [3.05, 3.63) is 66.9 Å². The van der Waals surface area contributed by atoms with Crippen LogP contribution in [0.1, 0.15) is 0 Å². The fourth-order valence-electron chi connectivity index (χ4n) is 2.42. The van der Waals surface area contributed by atoms with Gasteiger partial charge in [0.25, 0.3) is 0 Å². The summed E-state index contributed by atoms with van der Waals surface area (Å²) in [4.78, 5) is 8.89. The third kappa shape index (κ3) is 2.33. The summed E-state index contributed by atoms with van der Waals surface area (Å²) < 4.78 is 5.60. The minimum Gasteiger partial charge on any atom is -0.441 e. The van der Waals surface area contributed by atoms with Gasteiger partial charge in [0.1, 0.15) is 0 Å². The Balaban J connectivity index is 1.64. The van der Waals surface area contributed by atoms with Gasteiger partial charge in [0.05, 0.1) is 5.69 Å². The minimum absolute atomic E-state index is 0.368. The molecule has 22 heavy (non-hydrogen) atoms. The maximum atomic E-state index is 5.60. The van der Waals surface area contributed by atoms with E-state index in [4.69, 9.17) is 4.74 Å². The first-order valence-corrected chi connectivity index (χ1v) is 7.05. The number of nitrogens with zero attached hydrogens (tertiary/aromatic N) is 3. The van der Waals surface area contributed by atoms with Crippen LogP contribution in [-0.2, 0) is 4.74 Å². The summed E-state index contributed by atoms with van der Waals surface area (Å²) in [6.07, 6.45) is 1.80. The highest BCUT2D eigenvalue weighted by molar-refractivity contribution is 5.93. The first kappa shape index (κ1) is 12.6. The van der Waals surface area contributed by atoms with Crippen molar-refractivity contribution in [1.29, 1.82) is 0 Å². The van der Waals surface area contributed by atoms with Crippen LogP contribution in [0.2, 0.25) is 0 Å². The number of aromatic nitrogens is 1. The molecule has 5 nitrogen and oxygen atoms in total. The lowest BCUT2D eigenvalue weighted by molar-refractivity contribution is 0.343. The average molecular weight is 290 g/mol. The Morgan fingerprint density at radius 3 is 2.73 bits per heavy atom. The molecule has 0 radical (unpaired) electrons. The van der Waals surface area contributed by atoms with Crippen LogP contribution < -0.4 is 10.4 Å². The van der Waals surface area contributed by atoms with Crippen molar-refractivity contribution in [1.82, 2.24) is 10.4 Å². The molecule has 1 saturated heterocycles. The number of fused-ring (bicyclic) bond motifs is 1. The summed E-state index contributed by atoms with van der Waals surface area (Å²) >= 11 is 0. The number of aliphatic imine (C=N–C) groups is 1. The Labute approximate surface area is 127 Å². The summed E-state index contributed by atoms with van der Waals surface area (Å²) in [5.41, 5.74) is 3.99. The van der Waals surface area contributed by atoms with E-state index in [9.17, 15) is 0 Å². The zero-order valence-corrected chi connectivity index (χ0v) is 11.8. The van der Waals surface area contributed by atoms with Gasteiger partial charge in [-0.25, -0.2) is 15.4 Å². The normalized spacial score (nSPS) is 15.8. The monoisotopic (exact) mass is 290 g/mol.